The zero-order chi connectivity index (χ0) is 29.8. The Morgan fingerprint density at radius 1 is 0.837 bits per heavy atom. The number of rotatable bonds is 10. The molecule has 0 radical (unpaired) electrons. The number of hydrogen-bond acceptors (Lipinski definition) is 8. The van der Waals surface area contributed by atoms with Gasteiger partial charge in [0.25, 0.3) is 0 Å². The Bertz CT molecular complexity index is 1600. The first-order valence-electron chi connectivity index (χ1n) is 14.5. The second-order valence-corrected chi connectivity index (χ2v) is 10.8. The third kappa shape index (κ3) is 6.12. The van der Waals surface area contributed by atoms with Gasteiger partial charge in [0.2, 0.25) is 5.91 Å². The van der Waals surface area contributed by atoms with Crippen molar-refractivity contribution in [2.45, 2.75) is 37.8 Å². The van der Waals surface area contributed by atoms with Crippen LogP contribution >= 0.6 is 0 Å². The molecule has 9 heteroatoms. The van der Waals surface area contributed by atoms with Gasteiger partial charge in [0.15, 0.2) is 23.0 Å². The van der Waals surface area contributed by atoms with E-state index >= 15 is 0 Å². The third-order valence-corrected chi connectivity index (χ3v) is 8.33. The number of carbonyl (C=O) groups is 1. The lowest BCUT2D eigenvalue weighted by molar-refractivity contribution is -0.123. The average molecular weight is 581 g/mol. The molecule has 6 rings (SSSR count). The van der Waals surface area contributed by atoms with E-state index in [0.29, 0.717) is 29.4 Å². The third-order valence-electron chi connectivity index (χ3n) is 8.33. The fraction of sp³-hybridized carbons (Fsp3) is 0.324. The number of carbonyl (C=O) groups excluding carboxylic acids is 1. The van der Waals surface area contributed by atoms with E-state index in [0.717, 1.165) is 42.5 Å². The SMILES string of the molecule is COc1ccc(CC2c3cc(Oc4ncccn4)c(OC)cc3CCN2CC(=O)NC2CCc3ccccc32)cc1OC. The van der Waals surface area contributed by atoms with Gasteiger partial charge in [-0.05, 0) is 83.8 Å². The van der Waals surface area contributed by atoms with Crippen LogP contribution in [-0.2, 0) is 24.1 Å². The molecule has 0 fully saturated rings. The van der Waals surface area contributed by atoms with E-state index in [-0.39, 0.29) is 30.5 Å². The van der Waals surface area contributed by atoms with Crippen molar-refractivity contribution in [3.63, 3.8) is 0 Å². The quantitative estimate of drug-likeness (QED) is 0.272. The van der Waals surface area contributed by atoms with Crippen LogP contribution in [0.25, 0.3) is 0 Å². The van der Waals surface area contributed by atoms with Gasteiger partial charge in [-0.1, -0.05) is 30.3 Å². The van der Waals surface area contributed by atoms with E-state index < -0.39 is 0 Å². The summed E-state index contributed by atoms with van der Waals surface area (Å²) in [5.74, 6) is 2.50. The molecule has 2 heterocycles. The molecule has 2 aliphatic rings. The maximum absolute atomic E-state index is 13.5. The zero-order valence-corrected chi connectivity index (χ0v) is 24.7. The van der Waals surface area contributed by atoms with Crippen molar-refractivity contribution in [1.29, 1.82) is 0 Å². The van der Waals surface area contributed by atoms with Crippen molar-refractivity contribution >= 4 is 5.91 Å². The van der Waals surface area contributed by atoms with E-state index in [2.05, 4.69) is 38.4 Å². The highest BCUT2D eigenvalue weighted by atomic mass is 16.5. The summed E-state index contributed by atoms with van der Waals surface area (Å²) in [6.45, 7) is 1.00. The van der Waals surface area contributed by atoms with E-state index in [4.69, 9.17) is 18.9 Å². The first-order valence-corrected chi connectivity index (χ1v) is 14.5. The van der Waals surface area contributed by atoms with Crippen molar-refractivity contribution in [1.82, 2.24) is 20.2 Å². The molecule has 1 amide bonds. The second-order valence-electron chi connectivity index (χ2n) is 10.8. The van der Waals surface area contributed by atoms with Crippen LogP contribution in [0.5, 0.6) is 29.0 Å². The van der Waals surface area contributed by atoms with Gasteiger partial charge in [0.1, 0.15) is 0 Å². The largest absolute Gasteiger partial charge is 0.493 e. The van der Waals surface area contributed by atoms with Crippen LogP contribution in [0.1, 0.15) is 46.3 Å². The summed E-state index contributed by atoms with van der Waals surface area (Å²) in [4.78, 5) is 24.2. The molecular formula is C34H36N4O5. The summed E-state index contributed by atoms with van der Waals surface area (Å²) in [6.07, 6.45) is 6.60. The standard InChI is InChI=1S/C34H36N4O5/c1-40-29-12-9-22(18-30(29)41-2)17-28-26-20-32(43-34-35-14-6-15-36-34)31(42-3)19-24(26)13-16-38(28)21-33(39)37-27-11-10-23-7-4-5-8-25(23)27/h4-9,12,14-15,18-20,27-28H,10-11,13,16-17,21H2,1-3H3,(H,37,39). The van der Waals surface area contributed by atoms with Gasteiger partial charge in [-0.3, -0.25) is 9.69 Å². The van der Waals surface area contributed by atoms with Crippen LogP contribution in [0.4, 0.5) is 0 Å². The monoisotopic (exact) mass is 580 g/mol. The molecule has 0 bridgehead atoms. The van der Waals surface area contributed by atoms with E-state index in [1.807, 2.05) is 36.4 Å². The first-order chi connectivity index (χ1) is 21.1. The minimum Gasteiger partial charge on any atom is -0.493 e. The molecule has 2 unspecified atom stereocenters. The molecule has 222 valence electrons. The predicted octanol–water partition coefficient (Wildman–Crippen LogP) is 5.24. The number of hydrogen-bond donors (Lipinski definition) is 1. The summed E-state index contributed by atoms with van der Waals surface area (Å²) in [5.41, 5.74) is 5.83. The number of aromatic nitrogens is 2. The molecule has 3 aromatic carbocycles. The minimum absolute atomic E-state index is 0.0186. The number of aryl methyl sites for hydroxylation is 1. The fourth-order valence-corrected chi connectivity index (χ4v) is 6.23. The molecule has 1 aliphatic carbocycles. The molecule has 43 heavy (non-hydrogen) atoms. The smallest absolute Gasteiger partial charge is 0.321 e. The van der Waals surface area contributed by atoms with Crippen LogP contribution in [0.3, 0.4) is 0 Å². The van der Waals surface area contributed by atoms with E-state index in [1.165, 1.54) is 11.1 Å². The van der Waals surface area contributed by atoms with Crippen molar-refractivity contribution in [3.8, 4) is 29.0 Å². The minimum atomic E-state index is -0.103. The van der Waals surface area contributed by atoms with Crippen LogP contribution in [0, 0.1) is 0 Å². The number of amides is 1. The number of fused-ring (bicyclic) bond motifs is 2. The molecule has 0 saturated heterocycles. The molecule has 1 aliphatic heterocycles. The molecule has 4 aromatic rings. The molecule has 2 atom stereocenters. The van der Waals surface area contributed by atoms with Gasteiger partial charge >= 0.3 is 6.01 Å². The topological polar surface area (TPSA) is 95.0 Å². The van der Waals surface area contributed by atoms with E-state index in [1.54, 1.807) is 39.8 Å². The van der Waals surface area contributed by atoms with Gasteiger partial charge in [-0.25, -0.2) is 9.97 Å². The lowest BCUT2D eigenvalue weighted by atomic mass is 9.88. The highest BCUT2D eigenvalue weighted by molar-refractivity contribution is 5.79. The van der Waals surface area contributed by atoms with E-state index in [9.17, 15) is 4.79 Å². The average Bonchev–Trinajstić information content (AvgIpc) is 3.44. The fourth-order valence-electron chi connectivity index (χ4n) is 6.23. The zero-order valence-electron chi connectivity index (χ0n) is 24.7. The summed E-state index contributed by atoms with van der Waals surface area (Å²) in [6, 6.07) is 20.3. The maximum Gasteiger partial charge on any atom is 0.321 e. The van der Waals surface area contributed by atoms with Gasteiger partial charge in [-0.2, -0.15) is 0 Å². The highest BCUT2D eigenvalue weighted by Crippen LogP contribution is 2.41. The van der Waals surface area contributed by atoms with Gasteiger partial charge in [0.05, 0.1) is 33.9 Å². The van der Waals surface area contributed by atoms with Crippen molar-refractivity contribution < 1.29 is 23.7 Å². The van der Waals surface area contributed by atoms with Crippen LogP contribution in [-0.4, -0.2) is 55.2 Å². The molecule has 9 nitrogen and oxygen atoms in total. The van der Waals surface area contributed by atoms with Gasteiger partial charge in [0, 0.05) is 25.0 Å². The summed E-state index contributed by atoms with van der Waals surface area (Å²) in [5, 5.41) is 3.31. The van der Waals surface area contributed by atoms with Crippen LogP contribution < -0.4 is 24.3 Å². The lowest BCUT2D eigenvalue weighted by Gasteiger charge is -2.38. The Kier molecular flexibility index (Phi) is 8.42. The van der Waals surface area contributed by atoms with Crippen molar-refractivity contribution in [2.24, 2.45) is 0 Å². The summed E-state index contributed by atoms with van der Waals surface area (Å²) >= 11 is 0. The Balaban J connectivity index is 1.31. The molecule has 0 saturated carbocycles. The Morgan fingerprint density at radius 2 is 1.60 bits per heavy atom. The number of methoxy groups -OCH3 is 3. The van der Waals surface area contributed by atoms with Crippen molar-refractivity contribution in [2.75, 3.05) is 34.4 Å². The normalized spacial score (nSPS) is 17.5. The Hall–Kier alpha value is -4.63. The summed E-state index contributed by atoms with van der Waals surface area (Å²) in [7, 11) is 4.89. The van der Waals surface area contributed by atoms with Crippen LogP contribution in [0.15, 0.2) is 73.1 Å². The summed E-state index contributed by atoms with van der Waals surface area (Å²) < 4.78 is 22.8. The Morgan fingerprint density at radius 3 is 2.40 bits per heavy atom. The molecular weight excluding hydrogens is 544 g/mol. The maximum atomic E-state index is 13.5. The first kappa shape index (κ1) is 28.5. The number of ether oxygens (including phenoxy) is 4. The van der Waals surface area contributed by atoms with Crippen LogP contribution in [0.2, 0.25) is 0 Å². The molecule has 1 N–H and O–H groups in total. The number of nitrogens with one attached hydrogen (secondary N) is 1. The van der Waals surface area contributed by atoms with Crippen molar-refractivity contribution in [3.05, 3.63) is 101 Å². The molecule has 1 aromatic heterocycles. The predicted molar refractivity (Wildman–Crippen MR) is 162 cm³/mol. The number of nitrogens with zero attached hydrogens (tertiary/aromatic N) is 3. The Labute approximate surface area is 251 Å². The highest BCUT2D eigenvalue weighted by Gasteiger charge is 2.32. The van der Waals surface area contributed by atoms with Gasteiger partial charge < -0.3 is 24.3 Å². The molecule has 0 spiro atoms. The number of benzene rings is 3. The van der Waals surface area contributed by atoms with Gasteiger partial charge in [-0.15, -0.1) is 0 Å². The second kappa shape index (κ2) is 12.7. The lowest BCUT2D eigenvalue weighted by Crippen LogP contribution is -2.44.